The first-order valence-electron chi connectivity index (χ1n) is 7.10. The van der Waals surface area contributed by atoms with Crippen LogP contribution in [0.1, 0.15) is 19.5 Å². The van der Waals surface area contributed by atoms with Gasteiger partial charge in [-0.25, -0.2) is 4.68 Å². The molecule has 0 aliphatic rings. The smallest absolute Gasteiger partial charge is 0.283 e. The molecule has 112 valence electrons. The predicted octanol–water partition coefficient (Wildman–Crippen LogP) is 2.82. The van der Waals surface area contributed by atoms with E-state index in [1.165, 1.54) is 0 Å². The molecule has 21 heavy (non-hydrogen) atoms. The van der Waals surface area contributed by atoms with Crippen molar-refractivity contribution < 1.29 is 0 Å². The molecule has 0 saturated heterocycles. The van der Waals surface area contributed by atoms with Crippen molar-refractivity contribution in [2.24, 2.45) is 17.4 Å². The largest absolute Gasteiger partial charge is 0.299 e. The zero-order valence-electron chi connectivity index (χ0n) is 12.9. The maximum atomic E-state index is 12.6. The van der Waals surface area contributed by atoms with Crippen LogP contribution in [0.5, 0.6) is 0 Å². The van der Waals surface area contributed by atoms with Crippen molar-refractivity contribution in [2.45, 2.75) is 20.8 Å². The lowest BCUT2D eigenvalue weighted by molar-refractivity contribution is 0.300. The number of para-hydroxylation sites is 1. The fraction of sp³-hybridized carbons (Fsp3) is 0.400. The van der Waals surface area contributed by atoms with E-state index in [0.29, 0.717) is 5.69 Å². The van der Waals surface area contributed by atoms with Crippen molar-refractivity contribution in [1.29, 1.82) is 0 Å². The van der Waals surface area contributed by atoms with E-state index in [0.717, 1.165) is 24.5 Å². The van der Waals surface area contributed by atoms with Gasteiger partial charge in [0.15, 0.2) is 5.69 Å². The Kier molecular flexibility index (Phi) is 4.57. The molecule has 6 nitrogen and oxygen atoms in total. The standard InChI is InChI=1S/C15H21N5O/c1-5-19(6-2)17-16-14-12(3)18(4)20(15(14)21)13-10-8-7-9-11-13/h7-11H,5-6H2,1-4H3. The van der Waals surface area contributed by atoms with Gasteiger partial charge in [0.05, 0.1) is 11.4 Å². The number of rotatable bonds is 5. The molecule has 0 amide bonds. The van der Waals surface area contributed by atoms with Gasteiger partial charge in [-0.05, 0) is 32.9 Å². The van der Waals surface area contributed by atoms with Gasteiger partial charge in [0.2, 0.25) is 0 Å². The number of hydrogen-bond donors (Lipinski definition) is 0. The van der Waals surface area contributed by atoms with Gasteiger partial charge in [-0.2, -0.15) is 0 Å². The van der Waals surface area contributed by atoms with E-state index in [2.05, 4.69) is 10.3 Å². The Morgan fingerprint density at radius 3 is 2.33 bits per heavy atom. The summed E-state index contributed by atoms with van der Waals surface area (Å²) in [4.78, 5) is 12.6. The van der Waals surface area contributed by atoms with Gasteiger partial charge < -0.3 is 0 Å². The minimum absolute atomic E-state index is 0.155. The molecule has 0 aliphatic carbocycles. The van der Waals surface area contributed by atoms with Crippen molar-refractivity contribution in [3.05, 3.63) is 46.4 Å². The molecule has 6 heteroatoms. The zero-order valence-corrected chi connectivity index (χ0v) is 12.9. The van der Waals surface area contributed by atoms with Crippen LogP contribution in [0.2, 0.25) is 0 Å². The molecule has 0 atom stereocenters. The summed E-state index contributed by atoms with van der Waals surface area (Å²) in [7, 11) is 1.85. The number of nitrogens with zero attached hydrogens (tertiary/aromatic N) is 5. The second-order valence-corrected chi connectivity index (χ2v) is 4.74. The molecule has 0 saturated carbocycles. The Balaban J connectivity index is 2.49. The van der Waals surface area contributed by atoms with E-state index in [-0.39, 0.29) is 5.56 Å². The average Bonchev–Trinajstić information content (AvgIpc) is 2.72. The Labute approximate surface area is 124 Å². The highest BCUT2D eigenvalue weighted by atomic mass is 16.1. The van der Waals surface area contributed by atoms with Crippen LogP contribution in [0, 0.1) is 6.92 Å². The van der Waals surface area contributed by atoms with Crippen LogP contribution in [0.3, 0.4) is 0 Å². The lowest BCUT2D eigenvalue weighted by Crippen LogP contribution is -2.19. The van der Waals surface area contributed by atoms with Crippen LogP contribution in [0.15, 0.2) is 45.5 Å². The van der Waals surface area contributed by atoms with Crippen molar-refractivity contribution in [2.75, 3.05) is 13.1 Å². The van der Waals surface area contributed by atoms with Crippen LogP contribution < -0.4 is 5.56 Å². The minimum atomic E-state index is -0.155. The van der Waals surface area contributed by atoms with Gasteiger partial charge in [0.1, 0.15) is 0 Å². The summed E-state index contributed by atoms with van der Waals surface area (Å²) < 4.78 is 3.40. The molecule has 2 rings (SSSR count). The molecule has 0 fully saturated rings. The Bertz CT molecular complexity index is 680. The molecule has 1 aromatic heterocycles. The van der Waals surface area contributed by atoms with Gasteiger partial charge in [0.25, 0.3) is 5.56 Å². The fourth-order valence-electron chi connectivity index (χ4n) is 2.13. The minimum Gasteiger partial charge on any atom is -0.283 e. The topological polar surface area (TPSA) is 54.9 Å². The van der Waals surface area contributed by atoms with Crippen molar-refractivity contribution >= 4 is 5.69 Å². The molecule has 0 unspecified atom stereocenters. The fourth-order valence-corrected chi connectivity index (χ4v) is 2.13. The quantitative estimate of drug-likeness (QED) is 0.627. The summed E-state index contributed by atoms with van der Waals surface area (Å²) >= 11 is 0. The van der Waals surface area contributed by atoms with Crippen LogP contribution in [0.4, 0.5) is 5.69 Å². The monoisotopic (exact) mass is 287 g/mol. The number of benzene rings is 1. The summed E-state index contributed by atoms with van der Waals surface area (Å²) in [5, 5.41) is 10.1. The summed E-state index contributed by atoms with van der Waals surface area (Å²) in [6, 6.07) is 9.52. The SMILES string of the molecule is CCN(CC)N=Nc1c(C)n(C)n(-c2ccccc2)c1=O. The van der Waals surface area contributed by atoms with Crippen LogP contribution in [0.25, 0.3) is 5.69 Å². The summed E-state index contributed by atoms with van der Waals surface area (Å²) in [6.07, 6.45) is 0. The van der Waals surface area contributed by atoms with E-state index in [1.807, 2.05) is 58.2 Å². The van der Waals surface area contributed by atoms with Gasteiger partial charge in [-0.3, -0.25) is 14.5 Å². The Hall–Kier alpha value is -2.37. The normalized spacial score (nSPS) is 11.2. The van der Waals surface area contributed by atoms with Gasteiger partial charge in [-0.1, -0.05) is 23.4 Å². The van der Waals surface area contributed by atoms with E-state index < -0.39 is 0 Å². The molecule has 0 N–H and O–H groups in total. The van der Waals surface area contributed by atoms with Gasteiger partial charge in [-0.15, -0.1) is 5.11 Å². The number of aromatic nitrogens is 2. The summed E-state index contributed by atoms with van der Waals surface area (Å²) in [6.45, 7) is 7.40. The Morgan fingerprint density at radius 2 is 1.76 bits per heavy atom. The van der Waals surface area contributed by atoms with Crippen LogP contribution in [-0.2, 0) is 7.05 Å². The summed E-state index contributed by atoms with van der Waals surface area (Å²) in [5.41, 5.74) is 1.84. The van der Waals surface area contributed by atoms with E-state index in [9.17, 15) is 4.79 Å². The lowest BCUT2D eigenvalue weighted by atomic mass is 10.3. The van der Waals surface area contributed by atoms with Crippen LogP contribution in [-0.4, -0.2) is 27.5 Å². The molecular formula is C15H21N5O. The van der Waals surface area contributed by atoms with E-state index in [4.69, 9.17) is 0 Å². The first-order chi connectivity index (χ1) is 10.1. The highest BCUT2D eigenvalue weighted by molar-refractivity contribution is 5.43. The zero-order chi connectivity index (χ0) is 15.4. The Morgan fingerprint density at radius 1 is 1.14 bits per heavy atom. The molecule has 1 aromatic carbocycles. The first kappa shape index (κ1) is 15.0. The molecule has 0 radical (unpaired) electrons. The van der Waals surface area contributed by atoms with E-state index in [1.54, 1.807) is 14.4 Å². The highest BCUT2D eigenvalue weighted by Gasteiger charge is 2.15. The number of hydrogen-bond acceptors (Lipinski definition) is 3. The highest BCUT2D eigenvalue weighted by Crippen LogP contribution is 2.17. The third-order valence-electron chi connectivity index (χ3n) is 3.53. The lowest BCUT2D eigenvalue weighted by Gasteiger charge is -2.10. The second-order valence-electron chi connectivity index (χ2n) is 4.74. The molecule has 0 spiro atoms. The molecule has 2 aromatic rings. The predicted molar refractivity (Wildman–Crippen MR) is 83.2 cm³/mol. The maximum Gasteiger partial charge on any atom is 0.299 e. The van der Waals surface area contributed by atoms with Crippen molar-refractivity contribution in [1.82, 2.24) is 14.4 Å². The molecule has 1 heterocycles. The van der Waals surface area contributed by atoms with Gasteiger partial charge in [0, 0.05) is 20.1 Å². The molecular weight excluding hydrogens is 266 g/mol. The third kappa shape index (κ3) is 2.89. The summed E-state index contributed by atoms with van der Waals surface area (Å²) in [5.74, 6) is 0. The molecule has 0 bridgehead atoms. The van der Waals surface area contributed by atoms with Gasteiger partial charge >= 0.3 is 0 Å². The first-order valence-corrected chi connectivity index (χ1v) is 7.10. The third-order valence-corrected chi connectivity index (χ3v) is 3.53. The van der Waals surface area contributed by atoms with Crippen LogP contribution >= 0.6 is 0 Å². The second kappa shape index (κ2) is 6.39. The van der Waals surface area contributed by atoms with Crippen molar-refractivity contribution in [3.8, 4) is 5.69 Å². The van der Waals surface area contributed by atoms with Crippen molar-refractivity contribution in [3.63, 3.8) is 0 Å². The van der Waals surface area contributed by atoms with E-state index >= 15 is 0 Å². The average molecular weight is 287 g/mol. The maximum absolute atomic E-state index is 12.6. The molecule has 0 aliphatic heterocycles.